The Morgan fingerprint density at radius 1 is 1.50 bits per heavy atom. The second-order valence-corrected chi connectivity index (χ2v) is 2.59. The van der Waals surface area contributed by atoms with Crippen LogP contribution in [0.3, 0.4) is 0 Å². The smallest absolute Gasteiger partial charge is 0.183 e. The van der Waals surface area contributed by atoms with Crippen LogP contribution in [0.1, 0.15) is 11.6 Å². The van der Waals surface area contributed by atoms with Crippen molar-refractivity contribution < 1.29 is 0 Å². The van der Waals surface area contributed by atoms with Crippen molar-refractivity contribution in [1.29, 1.82) is 10.8 Å². The Hall–Kier alpha value is -1.40. The molecule has 1 aromatic rings. The van der Waals surface area contributed by atoms with E-state index in [0.29, 0.717) is 10.6 Å². The maximum Gasteiger partial charge on any atom is 0.183 e. The average molecular weight is 180 g/mol. The summed E-state index contributed by atoms with van der Waals surface area (Å²) in [5.74, 6) is 0. The minimum absolute atomic E-state index is 0.472. The summed E-state index contributed by atoms with van der Waals surface area (Å²) in [4.78, 5) is 0. The summed E-state index contributed by atoms with van der Waals surface area (Å²) in [7, 11) is 0. The van der Waals surface area contributed by atoms with Crippen molar-refractivity contribution in [3.63, 3.8) is 0 Å². The van der Waals surface area contributed by atoms with Gasteiger partial charge in [-0.25, -0.2) is 5.53 Å². The van der Waals surface area contributed by atoms with Gasteiger partial charge in [-0.3, -0.25) is 0 Å². The number of nitrogens with one attached hydrogen (secondary N) is 1. The molecule has 1 unspecified atom stereocenters. The van der Waals surface area contributed by atoms with E-state index in [2.05, 4.69) is 5.11 Å². The first-order chi connectivity index (χ1) is 5.79. The van der Waals surface area contributed by atoms with Gasteiger partial charge in [0, 0.05) is 10.6 Å². The first-order valence-electron chi connectivity index (χ1n) is 3.30. The van der Waals surface area contributed by atoms with Crippen molar-refractivity contribution in [2.75, 3.05) is 0 Å². The van der Waals surface area contributed by atoms with Gasteiger partial charge in [-0.1, -0.05) is 29.8 Å². The minimum Gasteiger partial charge on any atom is -0.208 e. The summed E-state index contributed by atoms with van der Waals surface area (Å²) >= 11 is 5.78. The first kappa shape index (κ1) is 8.69. The second-order valence-electron chi connectivity index (χ2n) is 2.18. The third kappa shape index (κ3) is 1.60. The molecule has 12 heavy (non-hydrogen) atoms. The molecule has 0 heterocycles. The minimum atomic E-state index is -0.779. The normalized spacial score (nSPS) is 11.7. The summed E-state index contributed by atoms with van der Waals surface area (Å²) in [6, 6.07) is 7.98. The molecule has 0 spiro atoms. The largest absolute Gasteiger partial charge is 0.208 e. The zero-order valence-electron chi connectivity index (χ0n) is 6.16. The number of hydrogen-bond donors (Lipinski definition) is 1. The molecule has 0 aliphatic rings. The summed E-state index contributed by atoms with van der Waals surface area (Å²) < 4.78 is 0. The molecule has 1 N–H and O–H groups in total. The van der Waals surface area contributed by atoms with E-state index < -0.39 is 6.04 Å². The fourth-order valence-electron chi connectivity index (χ4n) is 0.865. The highest BCUT2D eigenvalue weighted by molar-refractivity contribution is 6.31. The van der Waals surface area contributed by atoms with E-state index in [1.165, 1.54) is 0 Å². The van der Waals surface area contributed by atoms with Crippen molar-refractivity contribution in [3.8, 4) is 6.07 Å². The van der Waals surface area contributed by atoms with Crippen molar-refractivity contribution in [2.24, 2.45) is 5.11 Å². The molecule has 3 nitrogen and oxygen atoms in total. The Bertz CT molecular complexity index is 329. The van der Waals surface area contributed by atoms with Crippen LogP contribution in [0.5, 0.6) is 0 Å². The molecule has 1 rings (SSSR count). The maximum absolute atomic E-state index is 8.58. The quantitative estimate of drug-likeness (QED) is 0.698. The van der Waals surface area contributed by atoms with Gasteiger partial charge in [-0.2, -0.15) is 10.4 Å². The molecule has 4 heteroatoms. The lowest BCUT2D eigenvalue weighted by atomic mass is 10.1. The predicted molar refractivity (Wildman–Crippen MR) is 45.0 cm³/mol. The summed E-state index contributed by atoms with van der Waals surface area (Å²) in [6.45, 7) is 0. The fourth-order valence-corrected chi connectivity index (χ4v) is 1.10. The molecular weight excluding hydrogens is 174 g/mol. The van der Waals surface area contributed by atoms with Gasteiger partial charge in [0.2, 0.25) is 0 Å². The van der Waals surface area contributed by atoms with Crippen LogP contribution in [0.25, 0.3) is 0 Å². The average Bonchev–Trinajstić information content (AvgIpc) is 2.10. The number of halogens is 1. The summed E-state index contributed by atoms with van der Waals surface area (Å²) in [5.41, 5.74) is 7.32. The Kier molecular flexibility index (Phi) is 2.78. The zero-order valence-corrected chi connectivity index (χ0v) is 6.92. The summed E-state index contributed by atoms with van der Waals surface area (Å²) in [5, 5.41) is 12.2. The van der Waals surface area contributed by atoms with E-state index >= 15 is 0 Å². The van der Waals surface area contributed by atoms with E-state index in [0.717, 1.165) is 0 Å². The lowest BCUT2D eigenvalue weighted by molar-refractivity contribution is 0.814. The Morgan fingerprint density at radius 2 is 2.17 bits per heavy atom. The van der Waals surface area contributed by atoms with Gasteiger partial charge in [0.25, 0.3) is 0 Å². The van der Waals surface area contributed by atoms with Gasteiger partial charge in [-0.05, 0) is 6.07 Å². The zero-order chi connectivity index (χ0) is 8.97. The SMILES string of the molecule is N#CC(N=N)c1ccccc1Cl. The molecule has 0 aromatic heterocycles. The fraction of sp³-hybridized carbons (Fsp3) is 0.125. The maximum atomic E-state index is 8.58. The van der Waals surface area contributed by atoms with Gasteiger partial charge < -0.3 is 0 Å². The van der Waals surface area contributed by atoms with E-state index in [9.17, 15) is 0 Å². The van der Waals surface area contributed by atoms with Crippen molar-refractivity contribution in [2.45, 2.75) is 6.04 Å². The van der Waals surface area contributed by atoms with Crippen LogP contribution in [0, 0.1) is 16.9 Å². The molecule has 1 aromatic carbocycles. The third-order valence-electron chi connectivity index (χ3n) is 1.45. The number of nitriles is 1. The molecule has 0 saturated carbocycles. The molecule has 0 radical (unpaired) electrons. The molecular formula is C8H6ClN3. The Labute approximate surface area is 75.1 Å². The summed E-state index contributed by atoms with van der Waals surface area (Å²) in [6.07, 6.45) is 0. The van der Waals surface area contributed by atoms with Gasteiger partial charge in [0.05, 0.1) is 6.07 Å². The molecule has 0 bridgehead atoms. The van der Waals surface area contributed by atoms with Crippen molar-refractivity contribution >= 4 is 11.6 Å². The van der Waals surface area contributed by atoms with Crippen LogP contribution in [0.15, 0.2) is 29.4 Å². The topological polar surface area (TPSA) is 60.0 Å². The van der Waals surface area contributed by atoms with Crippen molar-refractivity contribution in [1.82, 2.24) is 0 Å². The highest BCUT2D eigenvalue weighted by atomic mass is 35.5. The molecule has 0 amide bonds. The lowest BCUT2D eigenvalue weighted by Gasteiger charge is -2.02. The highest BCUT2D eigenvalue weighted by Crippen LogP contribution is 2.24. The molecule has 60 valence electrons. The second kappa shape index (κ2) is 3.84. The van der Waals surface area contributed by atoms with Crippen molar-refractivity contribution in [3.05, 3.63) is 34.9 Å². The number of hydrogen-bond acceptors (Lipinski definition) is 3. The van der Waals surface area contributed by atoms with Gasteiger partial charge in [0.1, 0.15) is 0 Å². The third-order valence-corrected chi connectivity index (χ3v) is 1.80. The molecule has 0 aliphatic carbocycles. The number of rotatable bonds is 2. The lowest BCUT2D eigenvalue weighted by Crippen LogP contribution is -1.90. The van der Waals surface area contributed by atoms with Gasteiger partial charge in [0.15, 0.2) is 6.04 Å². The highest BCUT2D eigenvalue weighted by Gasteiger charge is 2.10. The van der Waals surface area contributed by atoms with Crippen LogP contribution in [-0.2, 0) is 0 Å². The molecule has 0 fully saturated rings. The standard InChI is InChI=1S/C8H6ClN3/c9-7-4-2-1-3-6(7)8(5-10)12-11/h1-4,8,11H. The monoisotopic (exact) mass is 179 g/mol. The number of nitrogens with zero attached hydrogens (tertiary/aromatic N) is 2. The van der Waals surface area contributed by atoms with Gasteiger partial charge in [-0.15, -0.1) is 0 Å². The van der Waals surface area contributed by atoms with Crippen LogP contribution >= 0.6 is 11.6 Å². The van der Waals surface area contributed by atoms with E-state index in [1.807, 2.05) is 6.07 Å². The predicted octanol–water partition coefficient (Wildman–Crippen LogP) is 2.94. The molecule has 1 atom stereocenters. The van der Waals surface area contributed by atoms with Crippen LogP contribution in [0.2, 0.25) is 5.02 Å². The molecule has 0 saturated heterocycles. The van der Waals surface area contributed by atoms with Gasteiger partial charge >= 0.3 is 0 Å². The Balaban J connectivity index is 3.10. The first-order valence-corrected chi connectivity index (χ1v) is 3.68. The van der Waals surface area contributed by atoms with Crippen LogP contribution in [-0.4, -0.2) is 0 Å². The van der Waals surface area contributed by atoms with E-state index in [4.69, 9.17) is 22.4 Å². The number of benzene rings is 1. The van der Waals surface area contributed by atoms with Crippen LogP contribution < -0.4 is 0 Å². The molecule has 0 aliphatic heterocycles. The Morgan fingerprint density at radius 3 is 2.67 bits per heavy atom. The van der Waals surface area contributed by atoms with E-state index in [1.54, 1.807) is 24.3 Å². The van der Waals surface area contributed by atoms with Crippen LogP contribution in [0.4, 0.5) is 0 Å². The van der Waals surface area contributed by atoms with E-state index in [-0.39, 0.29) is 0 Å².